The fourth-order valence-corrected chi connectivity index (χ4v) is 1.68. The SMILES string of the molecule is COC(=O)[C@H](CCC#N)NC(=O)Cc1cccc(F)c1. The number of carbonyl (C=O) groups excluding carboxylic acids is 2. The predicted molar refractivity (Wildman–Crippen MR) is 68.9 cm³/mol. The number of ether oxygens (including phenoxy) is 1. The maximum atomic E-state index is 13.0. The van der Waals surface area contributed by atoms with E-state index in [1.807, 2.05) is 6.07 Å². The molecule has 5 nitrogen and oxygen atoms in total. The Morgan fingerprint density at radius 1 is 1.50 bits per heavy atom. The molecular formula is C14H15FN2O3. The standard InChI is InChI=1S/C14H15FN2O3/c1-20-14(19)12(6-3-7-16)17-13(18)9-10-4-2-5-11(15)8-10/h2,4-5,8,12H,3,6,9H2,1H3,(H,17,18)/t12-/m0/s1. The Balaban J connectivity index is 2.61. The van der Waals surface area contributed by atoms with Crippen LogP contribution in [0.25, 0.3) is 0 Å². The third kappa shape index (κ3) is 5.06. The average molecular weight is 278 g/mol. The van der Waals surface area contributed by atoms with Gasteiger partial charge in [0.05, 0.1) is 19.6 Å². The molecule has 0 saturated carbocycles. The summed E-state index contributed by atoms with van der Waals surface area (Å²) in [5.41, 5.74) is 0.506. The van der Waals surface area contributed by atoms with Gasteiger partial charge in [-0.1, -0.05) is 12.1 Å². The second-order valence-corrected chi connectivity index (χ2v) is 4.15. The normalized spacial score (nSPS) is 11.2. The van der Waals surface area contributed by atoms with Gasteiger partial charge in [-0.05, 0) is 24.1 Å². The van der Waals surface area contributed by atoms with Crippen molar-refractivity contribution in [2.45, 2.75) is 25.3 Å². The first-order chi connectivity index (χ1) is 9.56. The van der Waals surface area contributed by atoms with Crippen LogP contribution in [-0.2, 0) is 20.7 Å². The van der Waals surface area contributed by atoms with Crippen molar-refractivity contribution in [1.29, 1.82) is 5.26 Å². The number of amides is 1. The summed E-state index contributed by atoms with van der Waals surface area (Å²) >= 11 is 0. The Morgan fingerprint density at radius 3 is 2.85 bits per heavy atom. The van der Waals surface area contributed by atoms with Crippen molar-refractivity contribution < 1.29 is 18.7 Å². The van der Waals surface area contributed by atoms with Crippen LogP contribution in [0.15, 0.2) is 24.3 Å². The van der Waals surface area contributed by atoms with Crippen LogP contribution in [0.4, 0.5) is 4.39 Å². The molecule has 0 radical (unpaired) electrons. The van der Waals surface area contributed by atoms with Crippen molar-refractivity contribution in [3.8, 4) is 6.07 Å². The smallest absolute Gasteiger partial charge is 0.328 e. The number of benzene rings is 1. The number of hydrogen-bond donors (Lipinski definition) is 1. The van der Waals surface area contributed by atoms with Gasteiger partial charge in [-0.25, -0.2) is 9.18 Å². The van der Waals surface area contributed by atoms with Crippen LogP contribution in [0.5, 0.6) is 0 Å². The molecule has 0 unspecified atom stereocenters. The van der Waals surface area contributed by atoms with Crippen LogP contribution in [-0.4, -0.2) is 25.0 Å². The molecule has 0 spiro atoms. The molecular weight excluding hydrogens is 263 g/mol. The Kier molecular flexibility index (Phi) is 6.17. The van der Waals surface area contributed by atoms with Gasteiger partial charge in [0.2, 0.25) is 5.91 Å². The Hall–Kier alpha value is -2.42. The van der Waals surface area contributed by atoms with E-state index in [4.69, 9.17) is 5.26 Å². The molecule has 0 bridgehead atoms. The molecule has 1 amide bonds. The lowest BCUT2D eigenvalue weighted by atomic mass is 10.1. The van der Waals surface area contributed by atoms with E-state index in [1.54, 1.807) is 6.07 Å². The summed E-state index contributed by atoms with van der Waals surface area (Å²) in [5, 5.41) is 11.0. The third-order valence-electron chi connectivity index (χ3n) is 2.62. The van der Waals surface area contributed by atoms with Gasteiger partial charge in [0.1, 0.15) is 11.9 Å². The van der Waals surface area contributed by atoms with Gasteiger partial charge in [0.25, 0.3) is 0 Å². The van der Waals surface area contributed by atoms with Gasteiger partial charge >= 0.3 is 5.97 Å². The maximum absolute atomic E-state index is 13.0. The fraction of sp³-hybridized carbons (Fsp3) is 0.357. The Morgan fingerprint density at radius 2 is 2.25 bits per heavy atom. The first-order valence-electron chi connectivity index (χ1n) is 6.05. The molecule has 0 fully saturated rings. The minimum atomic E-state index is -0.860. The predicted octanol–water partition coefficient (Wildman–Crippen LogP) is 1.33. The van der Waals surface area contributed by atoms with Crippen LogP contribution in [0, 0.1) is 17.1 Å². The average Bonchev–Trinajstić information content (AvgIpc) is 2.42. The second kappa shape index (κ2) is 7.89. The molecule has 1 N–H and O–H groups in total. The number of nitrogens with zero attached hydrogens (tertiary/aromatic N) is 1. The van der Waals surface area contributed by atoms with Crippen LogP contribution in [0.1, 0.15) is 18.4 Å². The van der Waals surface area contributed by atoms with Crippen LogP contribution in [0.3, 0.4) is 0 Å². The van der Waals surface area contributed by atoms with Crippen molar-refractivity contribution in [1.82, 2.24) is 5.32 Å². The Labute approximate surface area is 116 Å². The number of nitrogens with one attached hydrogen (secondary N) is 1. The summed E-state index contributed by atoms with van der Waals surface area (Å²) in [7, 11) is 1.21. The number of rotatable bonds is 6. The summed E-state index contributed by atoms with van der Waals surface area (Å²) in [6.07, 6.45) is 0.260. The number of hydrogen-bond acceptors (Lipinski definition) is 4. The summed E-state index contributed by atoms with van der Waals surface area (Å²) in [5.74, 6) is -1.46. The molecule has 0 heterocycles. The van der Waals surface area contributed by atoms with Crippen molar-refractivity contribution in [2.75, 3.05) is 7.11 Å². The van der Waals surface area contributed by atoms with Crippen LogP contribution in [0.2, 0.25) is 0 Å². The third-order valence-corrected chi connectivity index (χ3v) is 2.62. The van der Waals surface area contributed by atoms with Crippen molar-refractivity contribution >= 4 is 11.9 Å². The van der Waals surface area contributed by atoms with Gasteiger partial charge < -0.3 is 10.1 Å². The molecule has 0 aliphatic heterocycles. The van der Waals surface area contributed by atoms with E-state index in [0.29, 0.717) is 5.56 Å². The molecule has 1 aromatic carbocycles. The van der Waals surface area contributed by atoms with E-state index < -0.39 is 23.7 Å². The lowest BCUT2D eigenvalue weighted by Gasteiger charge is -2.15. The number of methoxy groups -OCH3 is 1. The molecule has 0 aromatic heterocycles. The quantitative estimate of drug-likeness (QED) is 0.796. The molecule has 1 atom stereocenters. The first-order valence-corrected chi connectivity index (χ1v) is 6.05. The lowest BCUT2D eigenvalue weighted by Crippen LogP contribution is -2.42. The molecule has 1 aromatic rings. The van der Waals surface area contributed by atoms with Crippen LogP contribution >= 0.6 is 0 Å². The summed E-state index contributed by atoms with van der Waals surface area (Å²) in [6, 6.07) is 6.70. The van der Waals surface area contributed by atoms with E-state index >= 15 is 0 Å². The van der Waals surface area contributed by atoms with Crippen molar-refractivity contribution in [3.05, 3.63) is 35.6 Å². The highest BCUT2D eigenvalue weighted by molar-refractivity contribution is 5.85. The van der Waals surface area contributed by atoms with Gasteiger partial charge in [0, 0.05) is 6.42 Å². The van der Waals surface area contributed by atoms with Crippen molar-refractivity contribution in [3.63, 3.8) is 0 Å². The molecule has 106 valence electrons. The maximum Gasteiger partial charge on any atom is 0.328 e. The van der Waals surface area contributed by atoms with E-state index in [0.717, 1.165) is 0 Å². The number of halogens is 1. The van der Waals surface area contributed by atoms with Crippen molar-refractivity contribution in [2.24, 2.45) is 0 Å². The summed E-state index contributed by atoms with van der Waals surface area (Å²) in [6.45, 7) is 0. The monoisotopic (exact) mass is 278 g/mol. The Bertz CT molecular complexity index is 525. The summed E-state index contributed by atoms with van der Waals surface area (Å²) in [4.78, 5) is 23.2. The van der Waals surface area contributed by atoms with E-state index in [1.165, 1.54) is 25.3 Å². The topological polar surface area (TPSA) is 79.2 Å². The molecule has 0 aliphatic rings. The minimum Gasteiger partial charge on any atom is -0.467 e. The number of nitriles is 1. The van der Waals surface area contributed by atoms with Crippen LogP contribution < -0.4 is 5.32 Å². The fourth-order valence-electron chi connectivity index (χ4n) is 1.68. The van der Waals surface area contributed by atoms with E-state index in [9.17, 15) is 14.0 Å². The van der Waals surface area contributed by atoms with Gasteiger partial charge in [-0.2, -0.15) is 5.26 Å². The lowest BCUT2D eigenvalue weighted by molar-refractivity contribution is -0.145. The summed E-state index contributed by atoms with van der Waals surface area (Å²) < 4.78 is 17.5. The van der Waals surface area contributed by atoms with Gasteiger partial charge in [-0.3, -0.25) is 4.79 Å². The first kappa shape index (κ1) is 15.6. The number of carbonyl (C=O) groups is 2. The largest absolute Gasteiger partial charge is 0.467 e. The second-order valence-electron chi connectivity index (χ2n) is 4.15. The highest BCUT2D eigenvalue weighted by Gasteiger charge is 2.21. The highest BCUT2D eigenvalue weighted by atomic mass is 19.1. The van der Waals surface area contributed by atoms with E-state index in [-0.39, 0.29) is 19.3 Å². The van der Waals surface area contributed by atoms with Gasteiger partial charge in [0.15, 0.2) is 0 Å². The molecule has 0 saturated heterocycles. The zero-order chi connectivity index (χ0) is 15.0. The highest BCUT2D eigenvalue weighted by Crippen LogP contribution is 2.05. The van der Waals surface area contributed by atoms with Gasteiger partial charge in [-0.15, -0.1) is 0 Å². The zero-order valence-corrected chi connectivity index (χ0v) is 11.1. The molecule has 0 aliphatic carbocycles. The zero-order valence-electron chi connectivity index (χ0n) is 11.1. The molecule has 6 heteroatoms. The minimum absolute atomic E-state index is 0.0438. The molecule has 1 rings (SSSR count). The number of esters is 1. The molecule has 20 heavy (non-hydrogen) atoms. The van der Waals surface area contributed by atoms with E-state index in [2.05, 4.69) is 10.1 Å².